The summed E-state index contributed by atoms with van der Waals surface area (Å²) in [4.78, 5) is 7.42. The van der Waals surface area contributed by atoms with E-state index in [1.54, 1.807) is 12.0 Å². The topological polar surface area (TPSA) is 34.2 Å². The van der Waals surface area contributed by atoms with Crippen LogP contribution in [0.15, 0.2) is 24.4 Å². The lowest BCUT2D eigenvalue weighted by Crippen LogP contribution is -2.18. The van der Waals surface area contributed by atoms with E-state index in [2.05, 4.69) is 16.4 Å². The molecule has 3 rings (SSSR count). The summed E-state index contributed by atoms with van der Waals surface area (Å²) in [6.45, 7) is 0. The molecule has 0 saturated heterocycles. The molecule has 0 amide bonds. The standard InChI is InChI=1S/C16H20N2OS/c1-17-16(15-12(19-2)7-5-9-18-15)14-10-11-6-3-4-8-13(11)20-14/h5,7,9-10,16-17H,3-4,6,8H2,1-2H3. The maximum atomic E-state index is 5.45. The summed E-state index contributed by atoms with van der Waals surface area (Å²) >= 11 is 1.92. The van der Waals surface area contributed by atoms with Crippen molar-refractivity contribution >= 4 is 11.3 Å². The molecule has 0 radical (unpaired) electrons. The molecule has 2 heterocycles. The van der Waals surface area contributed by atoms with Crippen molar-refractivity contribution in [1.29, 1.82) is 0 Å². The fourth-order valence-electron chi connectivity index (χ4n) is 2.86. The van der Waals surface area contributed by atoms with E-state index in [1.807, 2.05) is 36.7 Å². The largest absolute Gasteiger partial charge is 0.495 e. The van der Waals surface area contributed by atoms with Gasteiger partial charge in [-0.2, -0.15) is 0 Å². The molecular weight excluding hydrogens is 268 g/mol. The number of hydrogen-bond acceptors (Lipinski definition) is 4. The molecule has 4 heteroatoms. The highest BCUT2D eigenvalue weighted by atomic mass is 32.1. The van der Waals surface area contributed by atoms with Crippen molar-refractivity contribution in [2.75, 3.05) is 14.2 Å². The predicted octanol–water partition coefficient (Wildman–Crippen LogP) is 3.34. The molecule has 0 aliphatic heterocycles. The summed E-state index contributed by atoms with van der Waals surface area (Å²) in [5, 5.41) is 3.39. The zero-order valence-corrected chi connectivity index (χ0v) is 12.8. The number of thiophene rings is 1. The van der Waals surface area contributed by atoms with Crippen molar-refractivity contribution in [2.45, 2.75) is 31.7 Å². The molecule has 0 spiro atoms. The lowest BCUT2D eigenvalue weighted by atomic mass is 9.98. The third kappa shape index (κ3) is 2.45. The van der Waals surface area contributed by atoms with E-state index in [9.17, 15) is 0 Å². The molecule has 0 saturated carbocycles. The fourth-order valence-corrected chi connectivity index (χ4v) is 4.23. The number of ether oxygens (including phenoxy) is 1. The smallest absolute Gasteiger partial charge is 0.142 e. The van der Waals surface area contributed by atoms with Crippen LogP contribution in [-0.4, -0.2) is 19.1 Å². The first-order valence-corrected chi connectivity index (χ1v) is 7.92. The van der Waals surface area contributed by atoms with Crippen LogP contribution in [0.2, 0.25) is 0 Å². The van der Waals surface area contributed by atoms with Gasteiger partial charge in [-0.3, -0.25) is 4.98 Å². The Morgan fingerprint density at radius 3 is 2.95 bits per heavy atom. The average molecular weight is 288 g/mol. The molecule has 1 aliphatic rings. The lowest BCUT2D eigenvalue weighted by Gasteiger charge is -2.16. The van der Waals surface area contributed by atoms with Crippen molar-refractivity contribution in [3.05, 3.63) is 45.4 Å². The van der Waals surface area contributed by atoms with E-state index < -0.39 is 0 Å². The Bertz CT molecular complexity index is 570. The third-order valence-electron chi connectivity index (χ3n) is 3.88. The normalized spacial score (nSPS) is 15.7. The van der Waals surface area contributed by atoms with Crippen LogP contribution in [0.25, 0.3) is 0 Å². The van der Waals surface area contributed by atoms with Crippen LogP contribution in [0.4, 0.5) is 0 Å². The maximum absolute atomic E-state index is 5.45. The molecule has 0 fully saturated rings. The number of pyridine rings is 1. The molecule has 3 nitrogen and oxygen atoms in total. The van der Waals surface area contributed by atoms with Crippen molar-refractivity contribution in [3.63, 3.8) is 0 Å². The van der Waals surface area contributed by atoms with Gasteiger partial charge < -0.3 is 10.1 Å². The fraction of sp³-hybridized carbons (Fsp3) is 0.438. The van der Waals surface area contributed by atoms with Crippen LogP contribution in [0.3, 0.4) is 0 Å². The van der Waals surface area contributed by atoms with Crippen LogP contribution in [0.5, 0.6) is 5.75 Å². The molecule has 20 heavy (non-hydrogen) atoms. The van der Waals surface area contributed by atoms with Gasteiger partial charge in [0.15, 0.2) is 0 Å². The van der Waals surface area contributed by atoms with E-state index in [4.69, 9.17) is 4.74 Å². The van der Waals surface area contributed by atoms with Crippen molar-refractivity contribution in [1.82, 2.24) is 10.3 Å². The van der Waals surface area contributed by atoms with E-state index in [-0.39, 0.29) is 6.04 Å². The second-order valence-electron chi connectivity index (χ2n) is 5.12. The maximum Gasteiger partial charge on any atom is 0.142 e. The zero-order chi connectivity index (χ0) is 13.9. The highest BCUT2D eigenvalue weighted by Gasteiger charge is 2.22. The van der Waals surface area contributed by atoms with Crippen LogP contribution >= 0.6 is 11.3 Å². The molecule has 1 atom stereocenters. The molecule has 0 aromatic carbocycles. The van der Waals surface area contributed by atoms with Gasteiger partial charge in [0, 0.05) is 16.0 Å². The summed E-state index contributed by atoms with van der Waals surface area (Å²) < 4.78 is 5.45. The van der Waals surface area contributed by atoms with Gasteiger partial charge in [0.05, 0.1) is 13.2 Å². The number of methoxy groups -OCH3 is 1. The Kier molecular flexibility index (Phi) is 4.03. The molecule has 1 N–H and O–H groups in total. The van der Waals surface area contributed by atoms with Gasteiger partial charge in [-0.25, -0.2) is 0 Å². The lowest BCUT2D eigenvalue weighted by molar-refractivity contribution is 0.402. The van der Waals surface area contributed by atoms with E-state index in [1.165, 1.54) is 36.1 Å². The van der Waals surface area contributed by atoms with Gasteiger partial charge in [-0.15, -0.1) is 11.3 Å². The summed E-state index contributed by atoms with van der Waals surface area (Å²) in [6, 6.07) is 6.35. The number of nitrogens with zero attached hydrogens (tertiary/aromatic N) is 1. The van der Waals surface area contributed by atoms with E-state index >= 15 is 0 Å². The molecule has 106 valence electrons. The molecule has 0 bridgehead atoms. The average Bonchev–Trinajstić information content (AvgIpc) is 2.92. The first-order chi connectivity index (χ1) is 9.83. The number of fused-ring (bicyclic) bond motifs is 1. The van der Waals surface area contributed by atoms with Gasteiger partial charge in [0.1, 0.15) is 11.4 Å². The summed E-state index contributed by atoms with van der Waals surface area (Å²) in [7, 11) is 3.68. The highest BCUT2D eigenvalue weighted by Crippen LogP contribution is 2.36. The van der Waals surface area contributed by atoms with Crippen LogP contribution in [-0.2, 0) is 12.8 Å². The number of nitrogens with one attached hydrogen (secondary N) is 1. The minimum Gasteiger partial charge on any atom is -0.495 e. The Labute approximate surface area is 124 Å². The van der Waals surface area contributed by atoms with Gasteiger partial charge >= 0.3 is 0 Å². The summed E-state index contributed by atoms with van der Waals surface area (Å²) in [6.07, 6.45) is 6.93. The molecule has 2 aromatic rings. The van der Waals surface area contributed by atoms with Gasteiger partial charge in [-0.05, 0) is 56.5 Å². The van der Waals surface area contributed by atoms with Gasteiger partial charge in [-0.1, -0.05) is 0 Å². The highest BCUT2D eigenvalue weighted by molar-refractivity contribution is 7.12. The van der Waals surface area contributed by atoms with Crippen molar-refractivity contribution < 1.29 is 4.74 Å². The first-order valence-electron chi connectivity index (χ1n) is 7.11. The number of aromatic nitrogens is 1. The minimum absolute atomic E-state index is 0.113. The van der Waals surface area contributed by atoms with E-state index in [0.29, 0.717) is 0 Å². The third-order valence-corrected chi connectivity index (χ3v) is 5.18. The number of aryl methyl sites for hydroxylation is 2. The summed E-state index contributed by atoms with van der Waals surface area (Å²) in [5.74, 6) is 0.846. The van der Waals surface area contributed by atoms with Crippen LogP contribution < -0.4 is 10.1 Å². The minimum atomic E-state index is 0.113. The summed E-state index contributed by atoms with van der Waals surface area (Å²) in [5.41, 5.74) is 2.50. The van der Waals surface area contributed by atoms with E-state index in [0.717, 1.165) is 11.4 Å². The SMILES string of the molecule is CNC(c1cc2c(s1)CCCC2)c1ncccc1OC. The molecule has 1 unspecified atom stereocenters. The van der Waals surface area contributed by atoms with Crippen LogP contribution in [0.1, 0.15) is 39.9 Å². The van der Waals surface area contributed by atoms with Crippen LogP contribution in [0, 0.1) is 0 Å². The predicted molar refractivity (Wildman–Crippen MR) is 82.7 cm³/mol. The number of rotatable bonds is 4. The Morgan fingerprint density at radius 2 is 2.20 bits per heavy atom. The molecular formula is C16H20N2OS. The Balaban J connectivity index is 1.99. The molecule has 1 aliphatic carbocycles. The molecule has 2 aromatic heterocycles. The first kappa shape index (κ1) is 13.6. The number of hydrogen-bond donors (Lipinski definition) is 1. The van der Waals surface area contributed by atoms with Crippen molar-refractivity contribution in [2.24, 2.45) is 0 Å². The monoisotopic (exact) mass is 288 g/mol. The quantitative estimate of drug-likeness (QED) is 0.937. The Hall–Kier alpha value is -1.39. The Morgan fingerprint density at radius 1 is 1.35 bits per heavy atom. The zero-order valence-electron chi connectivity index (χ0n) is 12.0. The second-order valence-corrected chi connectivity index (χ2v) is 6.29. The second kappa shape index (κ2) is 5.94. The van der Waals surface area contributed by atoms with Crippen molar-refractivity contribution in [3.8, 4) is 5.75 Å². The van der Waals surface area contributed by atoms with Gasteiger partial charge in [0.25, 0.3) is 0 Å². The van der Waals surface area contributed by atoms with Gasteiger partial charge in [0.2, 0.25) is 0 Å².